The number of benzene rings is 2. The Hall–Kier alpha value is -2.48. The maximum absolute atomic E-state index is 13.3. The third kappa shape index (κ3) is 4.80. The molecule has 0 radical (unpaired) electrons. The minimum Gasteiger partial charge on any atom is -0.497 e. The van der Waals surface area contributed by atoms with Crippen LogP contribution in [0.3, 0.4) is 0 Å². The summed E-state index contributed by atoms with van der Waals surface area (Å²) in [6, 6.07) is 15.6. The van der Waals surface area contributed by atoms with Crippen LogP contribution in [0, 0.1) is 0 Å². The second kappa shape index (κ2) is 9.55. The molecule has 1 amide bonds. The number of nitrogens with zero attached hydrogens (tertiary/aromatic N) is 2. The summed E-state index contributed by atoms with van der Waals surface area (Å²) >= 11 is 1.52. The number of carbonyl (C=O) groups excluding carboxylic acids is 1. The number of anilines is 1. The number of hydrogen-bond donors (Lipinski definition) is 0. The van der Waals surface area contributed by atoms with E-state index in [0.717, 1.165) is 41.0 Å². The van der Waals surface area contributed by atoms with Crippen LogP contribution in [0.5, 0.6) is 5.75 Å². The van der Waals surface area contributed by atoms with Gasteiger partial charge in [-0.1, -0.05) is 35.6 Å². The van der Waals surface area contributed by atoms with Crippen LogP contribution in [-0.2, 0) is 20.9 Å². The third-order valence-electron chi connectivity index (χ3n) is 5.17. The highest BCUT2D eigenvalue weighted by atomic mass is 32.1. The largest absolute Gasteiger partial charge is 0.497 e. The number of amides is 1. The summed E-state index contributed by atoms with van der Waals surface area (Å²) in [7, 11) is 1.63. The molecule has 1 aliphatic heterocycles. The lowest BCUT2D eigenvalue weighted by Gasteiger charge is -2.26. The SMILES string of the molecule is COc1cccc(COC(C)C(=O)N(CC2CCCO2)c2nc3ccccc3s2)c1. The van der Waals surface area contributed by atoms with Gasteiger partial charge in [-0.25, -0.2) is 4.98 Å². The Kier molecular flexibility index (Phi) is 6.62. The van der Waals surface area contributed by atoms with E-state index in [9.17, 15) is 4.79 Å². The fourth-order valence-corrected chi connectivity index (χ4v) is 4.48. The number of fused-ring (bicyclic) bond motifs is 1. The highest BCUT2D eigenvalue weighted by Gasteiger charge is 2.29. The molecule has 0 N–H and O–H groups in total. The Morgan fingerprint density at radius 1 is 1.30 bits per heavy atom. The van der Waals surface area contributed by atoms with E-state index < -0.39 is 6.10 Å². The van der Waals surface area contributed by atoms with Gasteiger partial charge in [-0.3, -0.25) is 9.69 Å². The predicted octanol–water partition coefficient (Wildman–Crippen LogP) is 4.42. The molecule has 1 aliphatic rings. The maximum atomic E-state index is 13.3. The number of hydrogen-bond acceptors (Lipinski definition) is 6. The highest BCUT2D eigenvalue weighted by molar-refractivity contribution is 7.22. The number of ether oxygens (including phenoxy) is 3. The van der Waals surface area contributed by atoms with Crippen molar-refractivity contribution in [2.75, 3.05) is 25.2 Å². The quantitative estimate of drug-likeness (QED) is 0.534. The first-order chi connectivity index (χ1) is 14.6. The standard InChI is InChI=1S/C23H26N2O4S/c1-16(29-15-17-7-5-8-18(13-17)27-2)22(26)25(14-19-9-6-12-28-19)23-24-20-10-3-4-11-21(20)30-23/h3-5,7-8,10-11,13,16,19H,6,9,12,14-15H2,1-2H3. The zero-order valence-corrected chi connectivity index (χ0v) is 18.1. The second-order valence-electron chi connectivity index (χ2n) is 7.35. The van der Waals surface area contributed by atoms with Gasteiger partial charge in [0.2, 0.25) is 0 Å². The van der Waals surface area contributed by atoms with Gasteiger partial charge < -0.3 is 14.2 Å². The number of carbonyl (C=O) groups is 1. The van der Waals surface area contributed by atoms with Crippen molar-refractivity contribution in [3.05, 3.63) is 54.1 Å². The Bertz CT molecular complexity index is 967. The van der Waals surface area contributed by atoms with E-state index >= 15 is 0 Å². The summed E-state index contributed by atoms with van der Waals surface area (Å²) in [5.41, 5.74) is 1.85. The van der Waals surface area contributed by atoms with Crippen molar-refractivity contribution in [1.82, 2.24) is 4.98 Å². The molecule has 2 heterocycles. The lowest BCUT2D eigenvalue weighted by molar-refractivity contribution is -0.130. The molecular weight excluding hydrogens is 400 g/mol. The highest BCUT2D eigenvalue weighted by Crippen LogP contribution is 2.30. The van der Waals surface area contributed by atoms with Gasteiger partial charge in [0.1, 0.15) is 11.9 Å². The molecule has 30 heavy (non-hydrogen) atoms. The van der Waals surface area contributed by atoms with Crippen LogP contribution in [0.2, 0.25) is 0 Å². The molecule has 6 nitrogen and oxygen atoms in total. The topological polar surface area (TPSA) is 60.9 Å². The third-order valence-corrected chi connectivity index (χ3v) is 6.23. The Morgan fingerprint density at radius 2 is 2.17 bits per heavy atom. The molecule has 158 valence electrons. The van der Waals surface area contributed by atoms with Gasteiger partial charge in [0.25, 0.3) is 5.91 Å². The first kappa shape index (κ1) is 20.8. The van der Waals surface area contributed by atoms with E-state index in [1.807, 2.05) is 48.5 Å². The molecule has 1 fully saturated rings. The molecule has 0 saturated carbocycles. The van der Waals surface area contributed by atoms with Crippen LogP contribution >= 0.6 is 11.3 Å². The molecule has 3 aromatic rings. The maximum Gasteiger partial charge on any atom is 0.257 e. The van der Waals surface area contributed by atoms with Crippen molar-refractivity contribution < 1.29 is 19.0 Å². The summed E-state index contributed by atoms with van der Waals surface area (Å²) in [6.07, 6.45) is 1.40. The predicted molar refractivity (Wildman–Crippen MR) is 118 cm³/mol. The summed E-state index contributed by atoms with van der Waals surface area (Å²) in [4.78, 5) is 19.8. The van der Waals surface area contributed by atoms with Crippen molar-refractivity contribution >= 4 is 32.6 Å². The van der Waals surface area contributed by atoms with Gasteiger partial charge in [0.15, 0.2) is 5.13 Å². The first-order valence-corrected chi connectivity index (χ1v) is 11.0. The number of thiazole rings is 1. The Balaban J connectivity index is 1.50. The monoisotopic (exact) mass is 426 g/mol. The normalized spacial score (nSPS) is 17.2. The molecule has 2 aromatic carbocycles. The number of para-hydroxylation sites is 1. The van der Waals surface area contributed by atoms with Crippen molar-refractivity contribution in [2.45, 2.75) is 38.6 Å². The molecule has 1 saturated heterocycles. The number of aromatic nitrogens is 1. The molecule has 0 aliphatic carbocycles. The first-order valence-electron chi connectivity index (χ1n) is 10.2. The molecule has 1 aromatic heterocycles. The summed E-state index contributed by atoms with van der Waals surface area (Å²) < 4.78 is 18.0. The van der Waals surface area contributed by atoms with Gasteiger partial charge in [-0.2, -0.15) is 0 Å². The molecular formula is C23H26N2O4S. The van der Waals surface area contributed by atoms with E-state index in [2.05, 4.69) is 0 Å². The Labute approximate surface area is 180 Å². The fourth-order valence-electron chi connectivity index (χ4n) is 3.50. The van der Waals surface area contributed by atoms with E-state index in [1.165, 1.54) is 11.3 Å². The number of methoxy groups -OCH3 is 1. The van der Waals surface area contributed by atoms with Crippen LogP contribution in [-0.4, -0.2) is 43.4 Å². The smallest absolute Gasteiger partial charge is 0.257 e. The van der Waals surface area contributed by atoms with Gasteiger partial charge >= 0.3 is 0 Å². The van der Waals surface area contributed by atoms with Crippen LogP contribution in [0.1, 0.15) is 25.3 Å². The Morgan fingerprint density at radius 3 is 2.93 bits per heavy atom. The van der Waals surface area contributed by atoms with Gasteiger partial charge in [-0.05, 0) is 49.6 Å². The van der Waals surface area contributed by atoms with E-state index in [1.54, 1.807) is 18.9 Å². The zero-order chi connectivity index (χ0) is 20.9. The minimum atomic E-state index is -0.607. The number of rotatable bonds is 8. The van der Waals surface area contributed by atoms with Gasteiger partial charge in [0.05, 0.1) is 36.6 Å². The lowest BCUT2D eigenvalue weighted by Crippen LogP contribution is -2.43. The summed E-state index contributed by atoms with van der Waals surface area (Å²) in [6.45, 7) is 3.36. The van der Waals surface area contributed by atoms with Crippen LogP contribution in [0.4, 0.5) is 5.13 Å². The molecule has 4 rings (SSSR count). The van der Waals surface area contributed by atoms with Crippen molar-refractivity contribution in [3.63, 3.8) is 0 Å². The van der Waals surface area contributed by atoms with E-state index in [0.29, 0.717) is 18.3 Å². The van der Waals surface area contributed by atoms with E-state index in [-0.39, 0.29) is 12.0 Å². The van der Waals surface area contributed by atoms with Crippen molar-refractivity contribution in [3.8, 4) is 5.75 Å². The molecule has 2 unspecified atom stereocenters. The molecule has 0 bridgehead atoms. The lowest BCUT2D eigenvalue weighted by atomic mass is 10.2. The van der Waals surface area contributed by atoms with Crippen molar-refractivity contribution in [2.24, 2.45) is 0 Å². The molecule has 7 heteroatoms. The zero-order valence-electron chi connectivity index (χ0n) is 17.2. The summed E-state index contributed by atoms with van der Waals surface area (Å²) in [5, 5.41) is 0.688. The van der Waals surface area contributed by atoms with Gasteiger partial charge in [0, 0.05) is 6.61 Å². The summed E-state index contributed by atoms with van der Waals surface area (Å²) in [5.74, 6) is 0.664. The fraction of sp³-hybridized carbons (Fsp3) is 0.391. The molecule has 0 spiro atoms. The van der Waals surface area contributed by atoms with Gasteiger partial charge in [-0.15, -0.1) is 0 Å². The van der Waals surface area contributed by atoms with Crippen molar-refractivity contribution in [1.29, 1.82) is 0 Å². The van der Waals surface area contributed by atoms with Crippen LogP contribution in [0.15, 0.2) is 48.5 Å². The molecule has 2 atom stereocenters. The van der Waals surface area contributed by atoms with E-state index in [4.69, 9.17) is 19.2 Å². The minimum absolute atomic E-state index is 0.0338. The second-order valence-corrected chi connectivity index (χ2v) is 8.36. The van der Waals surface area contributed by atoms with Crippen LogP contribution in [0.25, 0.3) is 10.2 Å². The average Bonchev–Trinajstić information content (AvgIpc) is 3.44. The average molecular weight is 427 g/mol. The van der Waals surface area contributed by atoms with Crippen LogP contribution < -0.4 is 9.64 Å².